The molecule has 2 N–H and O–H groups in total. The average Bonchev–Trinajstić information content (AvgIpc) is 2.72. The van der Waals surface area contributed by atoms with Gasteiger partial charge >= 0.3 is 0 Å². The fourth-order valence-electron chi connectivity index (χ4n) is 2.31. The third-order valence-electron chi connectivity index (χ3n) is 3.21. The number of aromatic hydroxyl groups is 1. The van der Waals surface area contributed by atoms with Crippen LogP contribution in [0.15, 0.2) is 30.5 Å². The van der Waals surface area contributed by atoms with Crippen LogP contribution in [0.3, 0.4) is 0 Å². The topological polar surface area (TPSA) is 58.3 Å². The molecule has 0 saturated heterocycles. The van der Waals surface area contributed by atoms with Gasteiger partial charge in [0.2, 0.25) is 0 Å². The maximum absolute atomic E-state index is 9.83. The number of hydrogen-bond acceptors (Lipinski definition) is 3. The second-order valence-electron chi connectivity index (χ2n) is 4.39. The van der Waals surface area contributed by atoms with Crippen molar-refractivity contribution in [3.63, 3.8) is 0 Å². The van der Waals surface area contributed by atoms with Gasteiger partial charge in [-0.2, -0.15) is 0 Å². The van der Waals surface area contributed by atoms with Crippen molar-refractivity contribution in [1.29, 1.82) is 0 Å². The van der Waals surface area contributed by atoms with Crippen LogP contribution in [0.2, 0.25) is 0 Å². The number of imidazole rings is 1. The van der Waals surface area contributed by atoms with E-state index in [1.54, 1.807) is 12.1 Å². The Kier molecular flexibility index (Phi) is 2.37. The van der Waals surface area contributed by atoms with Gasteiger partial charge in [-0.15, -0.1) is 0 Å². The molecule has 1 aromatic heterocycles. The summed E-state index contributed by atoms with van der Waals surface area (Å²) in [6, 6.07) is 7.14. The highest BCUT2D eigenvalue weighted by Gasteiger charge is 2.21. The second-order valence-corrected chi connectivity index (χ2v) is 4.39. The average molecular weight is 230 g/mol. The summed E-state index contributed by atoms with van der Waals surface area (Å²) in [5, 5.41) is 19.5. The molecule has 0 amide bonds. The maximum atomic E-state index is 9.83. The first kappa shape index (κ1) is 10.4. The summed E-state index contributed by atoms with van der Waals surface area (Å²) < 4.78 is 1.99. The van der Waals surface area contributed by atoms with Gasteiger partial charge in [0.15, 0.2) is 0 Å². The van der Waals surface area contributed by atoms with E-state index in [1.807, 2.05) is 22.9 Å². The van der Waals surface area contributed by atoms with E-state index in [2.05, 4.69) is 4.98 Å². The largest absolute Gasteiger partial charge is 0.507 e. The van der Waals surface area contributed by atoms with Gasteiger partial charge in [0, 0.05) is 11.9 Å². The Hall–Kier alpha value is -1.81. The molecule has 1 unspecified atom stereocenters. The van der Waals surface area contributed by atoms with Crippen molar-refractivity contribution in [1.82, 2.24) is 9.55 Å². The van der Waals surface area contributed by atoms with E-state index in [9.17, 15) is 10.2 Å². The van der Waals surface area contributed by atoms with Gasteiger partial charge in [0.25, 0.3) is 0 Å². The predicted molar refractivity (Wildman–Crippen MR) is 63.7 cm³/mol. The smallest absolute Gasteiger partial charge is 0.143 e. The lowest BCUT2D eigenvalue weighted by molar-refractivity contribution is 0.132. The van der Waals surface area contributed by atoms with Gasteiger partial charge < -0.3 is 14.8 Å². The number of phenols is 1. The van der Waals surface area contributed by atoms with Gasteiger partial charge in [-0.05, 0) is 25.0 Å². The Morgan fingerprint density at radius 3 is 2.94 bits per heavy atom. The van der Waals surface area contributed by atoms with Crippen molar-refractivity contribution in [2.24, 2.45) is 0 Å². The maximum Gasteiger partial charge on any atom is 0.143 e. The van der Waals surface area contributed by atoms with Crippen molar-refractivity contribution >= 4 is 0 Å². The first-order valence-corrected chi connectivity index (χ1v) is 5.76. The van der Waals surface area contributed by atoms with Crippen LogP contribution in [0.25, 0.3) is 11.4 Å². The molecule has 17 heavy (non-hydrogen) atoms. The van der Waals surface area contributed by atoms with E-state index in [4.69, 9.17) is 0 Å². The van der Waals surface area contributed by atoms with Crippen LogP contribution in [0, 0.1) is 0 Å². The number of fused-ring (bicyclic) bond motifs is 1. The molecular weight excluding hydrogens is 216 g/mol. The lowest BCUT2D eigenvalue weighted by Gasteiger charge is -2.21. The van der Waals surface area contributed by atoms with Gasteiger partial charge in [-0.3, -0.25) is 0 Å². The second kappa shape index (κ2) is 3.89. The Bertz CT molecular complexity index is 548. The lowest BCUT2D eigenvalue weighted by atomic mass is 10.1. The van der Waals surface area contributed by atoms with Crippen LogP contribution in [-0.4, -0.2) is 25.9 Å². The molecule has 0 saturated carbocycles. The highest BCUT2D eigenvalue weighted by atomic mass is 16.3. The molecule has 3 rings (SSSR count). The van der Waals surface area contributed by atoms with E-state index in [0.29, 0.717) is 12.1 Å². The van der Waals surface area contributed by atoms with Crippen LogP contribution in [0.4, 0.5) is 0 Å². The standard InChI is InChI=1S/C13H14N2O2/c16-10-6-5-9-7-14-13(15(9)8-10)11-3-1-2-4-12(11)17/h1-4,7,10,16-17H,5-6,8H2. The first-order chi connectivity index (χ1) is 8.25. The number of benzene rings is 1. The number of phenolic OH excluding ortho intramolecular Hbond substituents is 1. The van der Waals surface area contributed by atoms with Gasteiger partial charge in [-0.25, -0.2) is 4.98 Å². The summed E-state index contributed by atoms with van der Waals surface area (Å²) >= 11 is 0. The highest BCUT2D eigenvalue weighted by Crippen LogP contribution is 2.30. The van der Waals surface area contributed by atoms with Crippen molar-refractivity contribution in [2.75, 3.05) is 0 Å². The van der Waals surface area contributed by atoms with Crippen LogP contribution < -0.4 is 0 Å². The molecule has 2 aromatic rings. The Balaban J connectivity index is 2.11. The van der Waals surface area contributed by atoms with Crippen molar-refractivity contribution in [3.05, 3.63) is 36.2 Å². The number of hydrogen-bond donors (Lipinski definition) is 2. The number of nitrogens with zero attached hydrogens (tertiary/aromatic N) is 2. The summed E-state index contributed by atoms with van der Waals surface area (Å²) in [7, 11) is 0. The summed E-state index contributed by atoms with van der Waals surface area (Å²) in [5.74, 6) is 0.956. The van der Waals surface area contributed by atoms with E-state index in [0.717, 1.165) is 24.4 Å². The molecule has 1 aliphatic rings. The quantitative estimate of drug-likeness (QED) is 0.781. The van der Waals surface area contributed by atoms with Crippen LogP contribution in [0.1, 0.15) is 12.1 Å². The lowest BCUT2D eigenvalue weighted by Crippen LogP contribution is -2.24. The Labute approximate surface area is 99.2 Å². The number of aromatic nitrogens is 2. The summed E-state index contributed by atoms with van der Waals surface area (Å²) in [6.07, 6.45) is 3.13. The molecule has 4 heteroatoms. The van der Waals surface area contributed by atoms with Crippen molar-refractivity contribution < 1.29 is 10.2 Å². The Morgan fingerprint density at radius 1 is 1.29 bits per heavy atom. The minimum atomic E-state index is -0.318. The molecule has 2 heterocycles. The van der Waals surface area contributed by atoms with E-state index in [1.165, 1.54) is 0 Å². The number of para-hydroxylation sites is 1. The summed E-state index contributed by atoms with van der Waals surface area (Å²) in [5.41, 5.74) is 1.83. The third kappa shape index (κ3) is 1.70. The van der Waals surface area contributed by atoms with Crippen LogP contribution in [0.5, 0.6) is 5.75 Å². The van der Waals surface area contributed by atoms with Crippen LogP contribution >= 0.6 is 0 Å². The number of aliphatic hydroxyl groups excluding tert-OH is 1. The molecule has 88 valence electrons. The summed E-state index contributed by atoms with van der Waals surface area (Å²) in [6.45, 7) is 0.555. The van der Waals surface area contributed by atoms with Crippen molar-refractivity contribution in [2.45, 2.75) is 25.5 Å². The molecule has 0 bridgehead atoms. The first-order valence-electron chi connectivity index (χ1n) is 5.76. The SMILES string of the molecule is Oc1ccccc1-c1ncc2n1CC(O)CC2. The van der Waals surface area contributed by atoms with Gasteiger partial charge in [0.1, 0.15) is 11.6 Å². The van der Waals surface area contributed by atoms with E-state index in [-0.39, 0.29) is 11.9 Å². The molecule has 0 aliphatic carbocycles. The van der Waals surface area contributed by atoms with Gasteiger partial charge in [-0.1, -0.05) is 12.1 Å². The summed E-state index contributed by atoms with van der Waals surface area (Å²) in [4.78, 5) is 4.36. The third-order valence-corrected chi connectivity index (χ3v) is 3.21. The number of aryl methyl sites for hydroxylation is 1. The normalized spacial score (nSPS) is 19.0. The monoisotopic (exact) mass is 230 g/mol. The van der Waals surface area contributed by atoms with Gasteiger partial charge in [0.05, 0.1) is 18.2 Å². The molecule has 0 fully saturated rings. The molecule has 1 aliphatic heterocycles. The molecule has 0 spiro atoms. The molecule has 0 radical (unpaired) electrons. The fraction of sp³-hybridized carbons (Fsp3) is 0.308. The molecule has 1 atom stereocenters. The predicted octanol–water partition coefficient (Wildman–Crippen LogP) is 1.56. The van der Waals surface area contributed by atoms with Crippen LogP contribution in [-0.2, 0) is 13.0 Å². The van der Waals surface area contributed by atoms with E-state index >= 15 is 0 Å². The zero-order chi connectivity index (χ0) is 11.8. The number of rotatable bonds is 1. The zero-order valence-electron chi connectivity index (χ0n) is 9.37. The minimum absolute atomic E-state index is 0.223. The highest BCUT2D eigenvalue weighted by molar-refractivity contribution is 5.64. The zero-order valence-corrected chi connectivity index (χ0v) is 9.37. The fourth-order valence-corrected chi connectivity index (χ4v) is 2.31. The molecule has 1 aromatic carbocycles. The molecular formula is C13H14N2O2. The number of aliphatic hydroxyl groups is 1. The minimum Gasteiger partial charge on any atom is -0.507 e. The Morgan fingerprint density at radius 2 is 2.12 bits per heavy atom. The molecule has 4 nitrogen and oxygen atoms in total. The van der Waals surface area contributed by atoms with Crippen molar-refractivity contribution in [3.8, 4) is 17.1 Å². The van der Waals surface area contributed by atoms with E-state index < -0.39 is 0 Å².